The number of methoxy groups -OCH3 is 2. The van der Waals surface area contributed by atoms with Gasteiger partial charge in [-0.15, -0.1) is 0 Å². The Kier molecular flexibility index (Phi) is 7.01. The van der Waals surface area contributed by atoms with Crippen LogP contribution >= 0.6 is 11.3 Å². The van der Waals surface area contributed by atoms with Crippen LogP contribution in [0.15, 0.2) is 46.7 Å². The Balaban J connectivity index is 2.60. The second-order valence-corrected chi connectivity index (χ2v) is 5.86. The van der Waals surface area contributed by atoms with Gasteiger partial charge in [-0.3, -0.25) is 0 Å². The van der Waals surface area contributed by atoms with Crippen molar-refractivity contribution in [1.82, 2.24) is 0 Å². The highest BCUT2D eigenvalue weighted by Gasteiger charge is 2.18. The summed E-state index contributed by atoms with van der Waals surface area (Å²) in [5.41, 5.74) is 2.02. The number of ether oxygens (including phenoxy) is 3. The van der Waals surface area contributed by atoms with E-state index >= 15 is 0 Å². The molecule has 1 aromatic heterocycles. The normalized spacial score (nSPS) is 11.6. The maximum Gasteiger partial charge on any atom is 0.349 e. The number of rotatable bonds is 7. The number of hydrogen-bond acceptors (Lipinski definition) is 6. The van der Waals surface area contributed by atoms with E-state index in [4.69, 9.17) is 14.2 Å². The van der Waals surface area contributed by atoms with Gasteiger partial charge in [0, 0.05) is 5.57 Å². The van der Waals surface area contributed by atoms with E-state index in [1.165, 1.54) is 7.11 Å². The Morgan fingerprint density at radius 2 is 2.00 bits per heavy atom. The van der Waals surface area contributed by atoms with Crippen LogP contribution in [0, 0.1) is 11.3 Å². The van der Waals surface area contributed by atoms with Gasteiger partial charge in [0.15, 0.2) is 11.5 Å². The lowest BCUT2D eigenvalue weighted by Crippen LogP contribution is -2.08. The molecule has 0 saturated heterocycles. The largest absolute Gasteiger partial charge is 0.493 e. The summed E-state index contributed by atoms with van der Waals surface area (Å²) in [6.45, 7) is 1.89. The van der Waals surface area contributed by atoms with Gasteiger partial charge in [0.2, 0.25) is 0 Å². The van der Waals surface area contributed by atoms with Gasteiger partial charge in [-0.2, -0.15) is 16.6 Å². The summed E-state index contributed by atoms with van der Waals surface area (Å²) in [5.74, 6) is 0.411. The number of thiophene rings is 1. The fourth-order valence-corrected chi connectivity index (χ4v) is 2.92. The van der Waals surface area contributed by atoms with E-state index in [1.807, 2.05) is 29.0 Å². The maximum atomic E-state index is 12.2. The van der Waals surface area contributed by atoms with E-state index in [-0.39, 0.29) is 12.2 Å². The lowest BCUT2D eigenvalue weighted by atomic mass is 9.98. The van der Waals surface area contributed by atoms with Gasteiger partial charge >= 0.3 is 5.97 Å². The highest BCUT2D eigenvalue weighted by molar-refractivity contribution is 7.08. The summed E-state index contributed by atoms with van der Waals surface area (Å²) < 4.78 is 15.6. The van der Waals surface area contributed by atoms with E-state index in [2.05, 4.69) is 0 Å². The van der Waals surface area contributed by atoms with Crippen molar-refractivity contribution < 1.29 is 19.0 Å². The van der Waals surface area contributed by atoms with Crippen LogP contribution in [-0.2, 0) is 9.53 Å². The van der Waals surface area contributed by atoms with Gasteiger partial charge in [0.05, 0.1) is 20.8 Å². The summed E-state index contributed by atoms with van der Waals surface area (Å²) in [5, 5.41) is 13.5. The molecule has 0 aliphatic carbocycles. The molecule has 1 aromatic carbocycles. The molecule has 2 rings (SSSR count). The van der Waals surface area contributed by atoms with E-state index < -0.39 is 5.97 Å². The predicted octanol–water partition coefficient (Wildman–Crippen LogP) is 4.32. The molecule has 26 heavy (non-hydrogen) atoms. The van der Waals surface area contributed by atoms with Crippen molar-refractivity contribution in [1.29, 1.82) is 5.26 Å². The van der Waals surface area contributed by atoms with Crippen molar-refractivity contribution in [3.8, 4) is 17.6 Å². The maximum absolute atomic E-state index is 12.2. The third kappa shape index (κ3) is 4.52. The highest BCUT2D eigenvalue weighted by Crippen LogP contribution is 2.32. The number of carbonyl (C=O) groups is 1. The van der Waals surface area contributed by atoms with Gasteiger partial charge in [-0.1, -0.05) is 18.2 Å². The molecule has 0 aliphatic heterocycles. The first-order valence-corrected chi connectivity index (χ1v) is 8.83. The standard InChI is InChI=1S/C20H19NO4S/c1-4-25-20(22)17(12-21)16(7-5-14-9-10-26-13-14)15-6-8-18(23-2)19(11-15)24-3/h5-11,13H,4H2,1-3H3/b7-5+,17-16-. The first kappa shape index (κ1) is 19.3. The topological polar surface area (TPSA) is 68.6 Å². The van der Waals surface area contributed by atoms with Crippen LogP contribution in [0.25, 0.3) is 11.6 Å². The van der Waals surface area contributed by atoms with Crippen molar-refractivity contribution in [2.75, 3.05) is 20.8 Å². The van der Waals surface area contributed by atoms with Crippen LogP contribution in [0.1, 0.15) is 18.1 Å². The highest BCUT2D eigenvalue weighted by atomic mass is 32.1. The third-order valence-electron chi connectivity index (χ3n) is 3.54. The van der Waals surface area contributed by atoms with Crippen LogP contribution in [-0.4, -0.2) is 26.8 Å². The average molecular weight is 369 g/mol. The van der Waals surface area contributed by atoms with Crippen molar-refractivity contribution in [2.24, 2.45) is 0 Å². The zero-order chi connectivity index (χ0) is 18.9. The number of hydrogen-bond donors (Lipinski definition) is 0. The molecule has 0 atom stereocenters. The average Bonchev–Trinajstić information content (AvgIpc) is 3.18. The smallest absolute Gasteiger partial charge is 0.349 e. The second kappa shape index (κ2) is 9.44. The SMILES string of the molecule is CCOC(=O)/C(C#N)=C(/C=C/c1ccsc1)c1ccc(OC)c(OC)c1. The summed E-state index contributed by atoms with van der Waals surface area (Å²) >= 11 is 1.57. The van der Waals surface area contributed by atoms with Gasteiger partial charge in [-0.05, 0) is 47.0 Å². The molecule has 0 aliphatic rings. The molecule has 0 radical (unpaired) electrons. The number of nitriles is 1. The molecule has 5 nitrogen and oxygen atoms in total. The fraction of sp³-hybridized carbons (Fsp3) is 0.200. The number of nitrogens with zero attached hydrogens (tertiary/aromatic N) is 1. The molecule has 0 saturated carbocycles. The molecule has 0 N–H and O–H groups in total. The first-order chi connectivity index (χ1) is 12.6. The molecule has 0 fully saturated rings. The van der Waals surface area contributed by atoms with Crippen molar-refractivity contribution in [3.05, 3.63) is 57.8 Å². The van der Waals surface area contributed by atoms with Gasteiger partial charge in [0.25, 0.3) is 0 Å². The van der Waals surface area contributed by atoms with Gasteiger partial charge < -0.3 is 14.2 Å². The van der Waals surface area contributed by atoms with Crippen LogP contribution < -0.4 is 9.47 Å². The lowest BCUT2D eigenvalue weighted by Gasteiger charge is -2.11. The number of allylic oxidation sites excluding steroid dienone is 2. The molecule has 0 unspecified atom stereocenters. The predicted molar refractivity (Wildman–Crippen MR) is 102 cm³/mol. The molecule has 0 amide bonds. The summed E-state index contributed by atoms with van der Waals surface area (Å²) in [4.78, 5) is 12.2. The fourth-order valence-electron chi connectivity index (χ4n) is 2.30. The molecule has 1 heterocycles. The van der Waals surface area contributed by atoms with Crippen molar-refractivity contribution in [3.63, 3.8) is 0 Å². The van der Waals surface area contributed by atoms with E-state index in [9.17, 15) is 10.1 Å². The van der Waals surface area contributed by atoms with E-state index in [1.54, 1.807) is 49.6 Å². The van der Waals surface area contributed by atoms with Crippen LogP contribution in [0.2, 0.25) is 0 Å². The zero-order valence-corrected chi connectivity index (χ0v) is 15.6. The minimum absolute atomic E-state index is 0.0643. The summed E-state index contributed by atoms with van der Waals surface area (Å²) in [6.07, 6.45) is 3.58. The third-order valence-corrected chi connectivity index (χ3v) is 4.24. The molecule has 2 aromatic rings. The molecule has 6 heteroatoms. The number of carbonyl (C=O) groups excluding carboxylic acids is 1. The molecule has 0 spiro atoms. The molecule has 0 bridgehead atoms. The number of benzene rings is 1. The summed E-state index contributed by atoms with van der Waals surface area (Å²) in [7, 11) is 3.08. The molecular weight excluding hydrogens is 350 g/mol. The van der Waals surface area contributed by atoms with Crippen LogP contribution in [0.5, 0.6) is 11.5 Å². The van der Waals surface area contributed by atoms with E-state index in [0.717, 1.165) is 5.56 Å². The Morgan fingerprint density at radius 1 is 1.23 bits per heavy atom. The second-order valence-electron chi connectivity index (χ2n) is 5.08. The Hall–Kier alpha value is -3.04. The zero-order valence-electron chi connectivity index (χ0n) is 14.8. The monoisotopic (exact) mass is 369 g/mol. The molecule has 134 valence electrons. The van der Waals surface area contributed by atoms with Crippen molar-refractivity contribution in [2.45, 2.75) is 6.92 Å². The first-order valence-electron chi connectivity index (χ1n) is 7.88. The van der Waals surface area contributed by atoms with Crippen molar-refractivity contribution >= 4 is 29.0 Å². The minimum atomic E-state index is -0.658. The van der Waals surface area contributed by atoms with Gasteiger partial charge in [-0.25, -0.2) is 4.79 Å². The lowest BCUT2D eigenvalue weighted by molar-refractivity contribution is -0.137. The Bertz CT molecular complexity index is 860. The quantitative estimate of drug-likeness (QED) is 0.315. The van der Waals surface area contributed by atoms with Crippen LogP contribution in [0.4, 0.5) is 0 Å². The van der Waals surface area contributed by atoms with Crippen LogP contribution in [0.3, 0.4) is 0 Å². The Labute approximate surface area is 156 Å². The minimum Gasteiger partial charge on any atom is -0.493 e. The molecular formula is C20H19NO4S. The number of esters is 1. The van der Waals surface area contributed by atoms with E-state index in [0.29, 0.717) is 22.6 Å². The summed E-state index contributed by atoms with van der Waals surface area (Å²) in [6, 6.07) is 9.14. The van der Waals surface area contributed by atoms with Gasteiger partial charge in [0.1, 0.15) is 11.6 Å². The Morgan fingerprint density at radius 3 is 2.58 bits per heavy atom.